The summed E-state index contributed by atoms with van der Waals surface area (Å²) in [6.45, 7) is 15.2. The van der Waals surface area contributed by atoms with Crippen LogP contribution >= 0.6 is 0 Å². The Morgan fingerprint density at radius 2 is 1.89 bits per heavy atom. The monoisotopic (exact) mass is 891 g/mol. The van der Waals surface area contributed by atoms with Gasteiger partial charge in [0.25, 0.3) is 5.91 Å². The van der Waals surface area contributed by atoms with Gasteiger partial charge in [-0.25, -0.2) is 5.43 Å². The number of methoxy groups -OCH3 is 1. The lowest BCUT2D eigenvalue weighted by atomic mass is 9.84. The van der Waals surface area contributed by atoms with Gasteiger partial charge in [-0.2, -0.15) is 0 Å². The first-order valence-electron chi connectivity index (χ1n) is 22.4. The maximum atomic E-state index is 14.8. The highest BCUT2D eigenvalue weighted by molar-refractivity contribution is 5.96. The van der Waals surface area contributed by atoms with E-state index in [0.29, 0.717) is 50.1 Å². The number of aldehydes is 1. The summed E-state index contributed by atoms with van der Waals surface area (Å²) in [6, 6.07) is 13.3. The number of ether oxygens (including phenoxy) is 2. The Bertz CT molecular complexity index is 2430. The Hall–Kier alpha value is -5.90. The SMILES string of the molecule is C=CC(=O)N(C)CCC(=O)N(C)[C@H](C(=O)N[C@H]1Cc2cc(O)cc(c2)-c2ccc3c(c2)c(c(-c2cccnc2COC)n3CC)CC(C)(C)COC[C@@]2(C=O)CCCN(N2)C1=O)C(C)C. The number of amides is 4. The number of aromatic hydroxyl groups is 1. The van der Waals surface area contributed by atoms with Gasteiger partial charge in [0.2, 0.25) is 17.7 Å². The van der Waals surface area contributed by atoms with Gasteiger partial charge in [-0.1, -0.05) is 46.4 Å². The second-order valence-electron chi connectivity index (χ2n) is 18.6. The van der Waals surface area contributed by atoms with Crippen LogP contribution in [0.4, 0.5) is 0 Å². The fourth-order valence-electron chi connectivity index (χ4n) is 9.31. The van der Waals surface area contributed by atoms with Crippen molar-refractivity contribution in [3.05, 3.63) is 84.2 Å². The van der Waals surface area contributed by atoms with Gasteiger partial charge in [-0.15, -0.1) is 0 Å². The van der Waals surface area contributed by atoms with Crippen LogP contribution in [0.5, 0.6) is 5.75 Å². The lowest BCUT2D eigenvalue weighted by Crippen LogP contribution is -2.66. The van der Waals surface area contributed by atoms with Crippen molar-refractivity contribution in [3.8, 4) is 28.1 Å². The Labute approximate surface area is 382 Å². The molecule has 6 bridgehead atoms. The molecule has 348 valence electrons. The maximum Gasteiger partial charge on any atom is 0.259 e. The maximum absolute atomic E-state index is 14.8. The summed E-state index contributed by atoms with van der Waals surface area (Å²) in [7, 11) is 4.77. The third kappa shape index (κ3) is 10.8. The molecule has 0 aliphatic carbocycles. The zero-order valence-corrected chi connectivity index (χ0v) is 39.1. The lowest BCUT2D eigenvalue weighted by Gasteiger charge is -2.42. The Kier molecular flexibility index (Phi) is 15.3. The van der Waals surface area contributed by atoms with E-state index in [0.717, 1.165) is 45.3 Å². The molecule has 2 aromatic carbocycles. The highest BCUT2D eigenvalue weighted by Crippen LogP contribution is 2.41. The minimum absolute atomic E-state index is 0.000878. The number of carbonyl (C=O) groups excluding carboxylic acids is 5. The summed E-state index contributed by atoms with van der Waals surface area (Å²) in [5.74, 6) is -2.09. The molecule has 15 heteroatoms. The van der Waals surface area contributed by atoms with Crippen LogP contribution in [-0.2, 0) is 59.4 Å². The molecule has 4 heterocycles. The molecule has 2 aliphatic rings. The van der Waals surface area contributed by atoms with Crippen molar-refractivity contribution in [3.63, 3.8) is 0 Å². The van der Waals surface area contributed by atoms with Crippen LogP contribution in [0.1, 0.15) is 70.7 Å². The first kappa shape index (κ1) is 48.6. The van der Waals surface area contributed by atoms with Crippen LogP contribution < -0.4 is 10.7 Å². The predicted octanol–water partition coefficient (Wildman–Crippen LogP) is 5.45. The summed E-state index contributed by atoms with van der Waals surface area (Å²) >= 11 is 0. The van der Waals surface area contributed by atoms with E-state index in [2.05, 4.69) is 60.9 Å². The van der Waals surface area contributed by atoms with E-state index in [1.807, 2.05) is 32.0 Å². The smallest absolute Gasteiger partial charge is 0.259 e. The van der Waals surface area contributed by atoms with E-state index in [1.165, 1.54) is 27.9 Å². The van der Waals surface area contributed by atoms with Crippen molar-refractivity contribution in [2.24, 2.45) is 11.3 Å². The third-order valence-electron chi connectivity index (χ3n) is 12.6. The number of carbonyl (C=O) groups is 5. The topological polar surface area (TPSA) is 176 Å². The number of nitrogens with one attached hydrogen (secondary N) is 2. The summed E-state index contributed by atoms with van der Waals surface area (Å²) in [5.41, 5.74) is 8.62. The average Bonchev–Trinajstić information content (AvgIpc) is 3.58. The first-order chi connectivity index (χ1) is 30.9. The summed E-state index contributed by atoms with van der Waals surface area (Å²) in [5, 5.41) is 16.7. The molecule has 2 aliphatic heterocycles. The number of aromatic nitrogens is 2. The van der Waals surface area contributed by atoms with E-state index in [-0.39, 0.29) is 56.0 Å². The number of phenols is 1. The molecule has 3 N–H and O–H groups in total. The molecule has 0 saturated carbocycles. The van der Waals surface area contributed by atoms with Crippen LogP contribution in [0.3, 0.4) is 0 Å². The van der Waals surface area contributed by atoms with Crippen LogP contribution in [0.2, 0.25) is 0 Å². The zero-order chi connectivity index (χ0) is 47.2. The van der Waals surface area contributed by atoms with E-state index >= 15 is 0 Å². The largest absolute Gasteiger partial charge is 0.508 e. The Balaban J connectivity index is 1.46. The number of hydrogen-bond acceptors (Lipinski definition) is 10. The van der Waals surface area contributed by atoms with Gasteiger partial charge in [0.05, 0.1) is 31.2 Å². The predicted molar refractivity (Wildman–Crippen MR) is 249 cm³/mol. The second-order valence-corrected chi connectivity index (χ2v) is 18.6. The van der Waals surface area contributed by atoms with Crippen molar-refractivity contribution in [2.45, 2.75) is 97.5 Å². The molecule has 65 heavy (non-hydrogen) atoms. The van der Waals surface area contributed by atoms with Crippen LogP contribution in [0.15, 0.2) is 67.4 Å². The van der Waals surface area contributed by atoms with E-state index in [1.54, 1.807) is 32.5 Å². The number of rotatable bonds is 13. The van der Waals surface area contributed by atoms with Gasteiger partial charge >= 0.3 is 0 Å². The molecule has 0 spiro atoms. The summed E-state index contributed by atoms with van der Waals surface area (Å²) in [6.07, 6.45) is 5.22. The molecular formula is C50H65N7O8. The van der Waals surface area contributed by atoms with Crippen LogP contribution in [0, 0.1) is 11.3 Å². The normalized spacial score (nSPS) is 19.3. The second kappa shape index (κ2) is 20.5. The number of nitrogens with zero attached hydrogens (tertiary/aromatic N) is 5. The molecule has 4 amide bonds. The third-order valence-corrected chi connectivity index (χ3v) is 12.6. The molecule has 4 aromatic rings. The Morgan fingerprint density at radius 1 is 1.12 bits per heavy atom. The number of fused-ring (bicyclic) bond motifs is 6. The number of aryl methyl sites for hydroxylation is 1. The number of likely N-dealkylation sites (N-methyl/N-ethyl adjacent to an activating group) is 2. The van der Waals surface area contributed by atoms with Crippen molar-refractivity contribution >= 4 is 40.8 Å². The van der Waals surface area contributed by atoms with Gasteiger partial charge < -0.3 is 39.1 Å². The minimum atomic E-state index is -1.22. The van der Waals surface area contributed by atoms with Gasteiger partial charge in [0.15, 0.2) is 0 Å². The molecular weight excluding hydrogens is 827 g/mol. The van der Waals surface area contributed by atoms with Crippen LogP contribution in [0.25, 0.3) is 33.3 Å². The molecule has 3 atom stereocenters. The van der Waals surface area contributed by atoms with Crippen molar-refractivity contribution < 1.29 is 38.6 Å². The van der Waals surface area contributed by atoms with Crippen molar-refractivity contribution in [1.82, 2.24) is 35.1 Å². The fraction of sp³-hybridized carbons (Fsp3) is 0.480. The number of phenolic OH excluding ortho intramolecular Hbond substituents is 1. The molecule has 1 fully saturated rings. The van der Waals surface area contributed by atoms with Crippen molar-refractivity contribution in [2.75, 3.05) is 47.5 Å². The molecule has 0 radical (unpaired) electrons. The molecule has 6 rings (SSSR count). The van der Waals surface area contributed by atoms with E-state index in [4.69, 9.17) is 14.5 Å². The summed E-state index contributed by atoms with van der Waals surface area (Å²) in [4.78, 5) is 75.2. The zero-order valence-electron chi connectivity index (χ0n) is 39.1. The molecule has 15 nitrogen and oxygen atoms in total. The quantitative estimate of drug-likeness (QED) is 0.116. The standard InChI is InChI=1S/C50H65N7O8/c1-10-43(60)54(7)21-17-44(61)55(8)45(32(3)4)47(62)52-40-24-33-22-35(25-36(59)23-33)34-15-16-42-38(26-34)39(46(56(42)11-2)37-14-12-19-51-41(37)28-64-9)27-49(5,6)30-65-31-50(29-58)18-13-20-57(53-50)48(40)63/h10,12,14-16,19,22-23,25-26,29,32,40,45,53,59H,1,11,13,17-18,20-21,24,27-28,30-31H2,2-9H3,(H,52,62)/t40-,45-,50-/m0/s1. The average molecular weight is 892 g/mol. The first-order valence-corrected chi connectivity index (χ1v) is 22.4. The van der Waals surface area contributed by atoms with Gasteiger partial charge in [0.1, 0.15) is 29.7 Å². The summed E-state index contributed by atoms with van der Waals surface area (Å²) < 4.78 is 14.4. The van der Waals surface area contributed by atoms with Gasteiger partial charge in [-0.3, -0.25) is 29.2 Å². The number of hydrogen-bond donors (Lipinski definition) is 3. The fourth-order valence-corrected chi connectivity index (χ4v) is 9.31. The van der Waals surface area contributed by atoms with Crippen LogP contribution in [-0.4, -0.2) is 125 Å². The number of benzene rings is 2. The molecule has 1 saturated heterocycles. The molecule has 2 aromatic heterocycles. The number of hydrazine groups is 1. The van der Waals surface area contributed by atoms with Gasteiger partial charge in [-0.05, 0) is 102 Å². The highest BCUT2D eigenvalue weighted by Gasteiger charge is 2.41. The molecule has 0 unspecified atom stereocenters. The van der Waals surface area contributed by atoms with E-state index < -0.39 is 34.9 Å². The van der Waals surface area contributed by atoms with E-state index in [9.17, 15) is 29.1 Å². The highest BCUT2D eigenvalue weighted by atomic mass is 16.5. The Morgan fingerprint density at radius 3 is 2.58 bits per heavy atom. The minimum Gasteiger partial charge on any atom is -0.508 e. The lowest BCUT2D eigenvalue weighted by molar-refractivity contribution is -0.148. The van der Waals surface area contributed by atoms with Crippen molar-refractivity contribution in [1.29, 1.82) is 0 Å². The number of pyridine rings is 1. The van der Waals surface area contributed by atoms with Gasteiger partial charge in [0, 0.05) is 76.3 Å².